The van der Waals surface area contributed by atoms with E-state index in [1.54, 1.807) is 13.8 Å². The van der Waals surface area contributed by atoms with Crippen molar-refractivity contribution in [2.45, 2.75) is 38.6 Å². The van der Waals surface area contributed by atoms with Crippen LogP contribution in [-0.2, 0) is 0 Å². The minimum absolute atomic E-state index is 0.243. The first kappa shape index (κ1) is 13.1. The first-order chi connectivity index (χ1) is 8.48. The molecule has 1 saturated heterocycles. The Morgan fingerprint density at radius 3 is 2.17 bits per heavy atom. The third-order valence-electron chi connectivity index (χ3n) is 3.47. The molecule has 0 saturated carbocycles. The maximum Gasteiger partial charge on any atom is 0.199 e. The van der Waals surface area contributed by atoms with Crippen molar-refractivity contribution in [2.24, 2.45) is 5.73 Å². The second-order valence-electron chi connectivity index (χ2n) is 5.66. The van der Waals surface area contributed by atoms with Gasteiger partial charge >= 0.3 is 0 Å². The van der Waals surface area contributed by atoms with Crippen molar-refractivity contribution in [3.8, 4) is 0 Å². The Hall–Kier alpha value is -1.35. The molecule has 1 aliphatic heterocycles. The average Bonchev–Trinajstić information content (AvgIpc) is 2.38. The summed E-state index contributed by atoms with van der Waals surface area (Å²) in [6.45, 7) is 5.89. The summed E-state index contributed by atoms with van der Waals surface area (Å²) in [6.07, 6.45) is 11.9. The second kappa shape index (κ2) is 5.11. The number of aliphatic hydroxyl groups excluding tert-OH is 1. The lowest BCUT2D eigenvalue weighted by atomic mass is 9.96. The van der Waals surface area contributed by atoms with Gasteiger partial charge in [-0.05, 0) is 32.4 Å². The summed E-state index contributed by atoms with van der Waals surface area (Å²) in [4.78, 5) is 0. The summed E-state index contributed by atoms with van der Waals surface area (Å²) in [5, 5.41) is 10.0. The highest BCUT2D eigenvalue weighted by atomic mass is 16.3. The molecule has 3 nitrogen and oxygen atoms in total. The van der Waals surface area contributed by atoms with Gasteiger partial charge in [0.15, 0.2) is 5.71 Å². The minimum Gasteiger partial charge on any atom is -0.510 e. The molecule has 0 aromatic carbocycles. The monoisotopic (exact) mass is 247 g/mol. The number of hydrogen-bond acceptors (Lipinski definition) is 2. The lowest BCUT2D eigenvalue weighted by Gasteiger charge is -2.20. The van der Waals surface area contributed by atoms with Crippen molar-refractivity contribution in [3.05, 3.63) is 35.6 Å². The van der Waals surface area contributed by atoms with Crippen molar-refractivity contribution in [2.75, 3.05) is 13.1 Å². The van der Waals surface area contributed by atoms with Crippen LogP contribution in [0.1, 0.15) is 33.1 Å². The molecule has 2 rings (SSSR count). The molecule has 0 unspecified atom stereocenters. The Balaban J connectivity index is 2.21. The van der Waals surface area contributed by atoms with E-state index in [1.807, 2.05) is 12.2 Å². The molecule has 1 aliphatic carbocycles. The number of aliphatic hydroxyl groups is 1. The van der Waals surface area contributed by atoms with Crippen LogP contribution < -0.4 is 5.73 Å². The third-order valence-corrected chi connectivity index (χ3v) is 3.47. The molecule has 1 heterocycles. The van der Waals surface area contributed by atoms with Gasteiger partial charge in [0.05, 0.1) is 5.54 Å². The van der Waals surface area contributed by atoms with Crippen LogP contribution in [0.4, 0.5) is 0 Å². The molecule has 2 aliphatic rings. The number of rotatable bonds is 1. The molecular weight excluding hydrogens is 224 g/mol. The zero-order valence-electron chi connectivity index (χ0n) is 11.3. The Bertz CT molecular complexity index is 422. The first-order valence-corrected chi connectivity index (χ1v) is 6.69. The van der Waals surface area contributed by atoms with Crippen molar-refractivity contribution < 1.29 is 9.68 Å². The molecule has 3 heteroatoms. The van der Waals surface area contributed by atoms with Gasteiger partial charge in [-0.15, -0.1) is 0 Å². The van der Waals surface area contributed by atoms with E-state index in [2.05, 4.69) is 16.7 Å². The van der Waals surface area contributed by atoms with Crippen molar-refractivity contribution in [3.63, 3.8) is 0 Å². The predicted octanol–water partition coefficient (Wildman–Crippen LogP) is 2.30. The number of allylic oxidation sites excluding steroid dienone is 5. The van der Waals surface area contributed by atoms with Crippen LogP contribution in [-0.4, -0.2) is 34.0 Å². The van der Waals surface area contributed by atoms with E-state index < -0.39 is 5.54 Å². The molecule has 0 radical (unpaired) electrons. The smallest absolute Gasteiger partial charge is 0.199 e. The van der Waals surface area contributed by atoms with E-state index in [0.29, 0.717) is 0 Å². The summed E-state index contributed by atoms with van der Waals surface area (Å²) >= 11 is 0. The zero-order valence-corrected chi connectivity index (χ0v) is 11.3. The molecule has 3 N–H and O–H groups in total. The first-order valence-electron chi connectivity index (χ1n) is 6.69. The molecule has 1 fully saturated rings. The number of piperidine rings is 1. The van der Waals surface area contributed by atoms with Crippen molar-refractivity contribution in [1.82, 2.24) is 0 Å². The molecule has 98 valence electrons. The number of hydrogen-bond donors (Lipinski definition) is 2. The molecule has 0 aromatic rings. The van der Waals surface area contributed by atoms with Crippen molar-refractivity contribution >= 4 is 5.71 Å². The third kappa shape index (κ3) is 2.91. The molecular formula is C15H23N2O+. The van der Waals surface area contributed by atoms with E-state index in [1.165, 1.54) is 25.0 Å². The van der Waals surface area contributed by atoms with Crippen LogP contribution in [0.2, 0.25) is 0 Å². The van der Waals surface area contributed by atoms with Gasteiger partial charge in [0.2, 0.25) is 0 Å². The van der Waals surface area contributed by atoms with E-state index in [-0.39, 0.29) is 5.76 Å². The largest absolute Gasteiger partial charge is 0.510 e. The highest BCUT2D eigenvalue weighted by Crippen LogP contribution is 2.19. The lowest BCUT2D eigenvalue weighted by Crippen LogP contribution is -2.35. The molecule has 0 bridgehead atoms. The highest BCUT2D eigenvalue weighted by Gasteiger charge is 2.21. The Kier molecular flexibility index (Phi) is 3.71. The molecule has 0 atom stereocenters. The van der Waals surface area contributed by atoms with E-state index >= 15 is 0 Å². The van der Waals surface area contributed by atoms with Gasteiger partial charge in [-0.2, -0.15) is 0 Å². The fraction of sp³-hybridized carbons (Fsp3) is 0.533. The van der Waals surface area contributed by atoms with Crippen molar-refractivity contribution in [1.29, 1.82) is 0 Å². The van der Waals surface area contributed by atoms with Gasteiger partial charge in [0.25, 0.3) is 0 Å². The Morgan fingerprint density at radius 2 is 1.67 bits per heavy atom. The Morgan fingerprint density at radius 1 is 1.11 bits per heavy atom. The maximum absolute atomic E-state index is 10.0. The van der Waals surface area contributed by atoms with Crippen LogP contribution in [0.5, 0.6) is 0 Å². The van der Waals surface area contributed by atoms with Gasteiger partial charge in [0.1, 0.15) is 18.8 Å². The van der Waals surface area contributed by atoms with E-state index in [9.17, 15) is 5.11 Å². The normalized spacial score (nSPS) is 20.5. The van der Waals surface area contributed by atoms with Gasteiger partial charge in [-0.3, -0.25) is 0 Å². The van der Waals surface area contributed by atoms with Crippen LogP contribution in [0, 0.1) is 0 Å². The number of nitrogens with two attached hydrogens (primary N) is 1. The summed E-state index contributed by atoms with van der Waals surface area (Å²) in [6, 6.07) is 0. The quantitative estimate of drug-likeness (QED) is 0.552. The van der Waals surface area contributed by atoms with Crippen LogP contribution in [0.3, 0.4) is 0 Å². The van der Waals surface area contributed by atoms with E-state index in [0.717, 1.165) is 18.7 Å². The molecule has 0 spiro atoms. The zero-order chi connectivity index (χ0) is 13.2. The summed E-state index contributed by atoms with van der Waals surface area (Å²) < 4.78 is 2.40. The van der Waals surface area contributed by atoms with Gasteiger partial charge in [-0.25, -0.2) is 4.58 Å². The summed E-state index contributed by atoms with van der Waals surface area (Å²) in [5.41, 5.74) is 7.25. The van der Waals surface area contributed by atoms with Crippen LogP contribution in [0.25, 0.3) is 0 Å². The highest BCUT2D eigenvalue weighted by molar-refractivity contribution is 6.02. The SMILES string of the molecule is CC(C)(N)C(O)=C1C=CC(=[N+]2CCCCC2)C=C1. The summed E-state index contributed by atoms with van der Waals surface area (Å²) in [5.74, 6) is 0.243. The van der Waals surface area contributed by atoms with Gasteiger partial charge < -0.3 is 10.8 Å². The fourth-order valence-electron chi connectivity index (χ4n) is 2.35. The molecule has 0 amide bonds. The summed E-state index contributed by atoms with van der Waals surface area (Å²) in [7, 11) is 0. The maximum atomic E-state index is 10.0. The van der Waals surface area contributed by atoms with Gasteiger partial charge in [0, 0.05) is 30.6 Å². The minimum atomic E-state index is -0.688. The number of nitrogens with zero attached hydrogens (tertiary/aromatic N) is 1. The predicted molar refractivity (Wildman–Crippen MR) is 75.1 cm³/mol. The van der Waals surface area contributed by atoms with Crippen LogP contribution >= 0.6 is 0 Å². The second-order valence-corrected chi connectivity index (χ2v) is 5.66. The van der Waals surface area contributed by atoms with Gasteiger partial charge in [-0.1, -0.05) is 0 Å². The standard InChI is InChI=1S/C15H22N2O/c1-15(2,16)14(18)12-6-8-13(9-7-12)17-10-4-3-5-11-17/h6-9H,3-5,10-11,16H2,1-2H3/p+1. The van der Waals surface area contributed by atoms with E-state index in [4.69, 9.17) is 5.73 Å². The topological polar surface area (TPSA) is 49.3 Å². The molecule has 18 heavy (non-hydrogen) atoms. The Labute approximate surface area is 109 Å². The average molecular weight is 247 g/mol. The lowest BCUT2D eigenvalue weighted by molar-refractivity contribution is -0.535. The fourth-order valence-corrected chi connectivity index (χ4v) is 2.35. The van der Waals surface area contributed by atoms with Crippen LogP contribution in [0.15, 0.2) is 35.6 Å². The molecule has 0 aromatic heterocycles.